The lowest BCUT2D eigenvalue weighted by atomic mass is 9.91. The van der Waals surface area contributed by atoms with Gasteiger partial charge >= 0.3 is 12.0 Å². The molecule has 3 N–H and O–H groups in total. The molecule has 2 atom stereocenters. The first kappa shape index (κ1) is 9.95. The standard InChI is InChI=1S/C9H12N2O4/c12-6(13)3-5(4-1-2-4)7-8(14)11-9(15)10-7/h4-5,7H,1-3H2,(H,12,13)(H2,10,11,14,15)/t5?,7-/m1/s1. The van der Waals surface area contributed by atoms with Crippen LogP contribution in [0.15, 0.2) is 0 Å². The van der Waals surface area contributed by atoms with Gasteiger partial charge in [-0.2, -0.15) is 0 Å². The number of hydrogen-bond acceptors (Lipinski definition) is 3. The molecule has 1 heterocycles. The number of aliphatic carboxylic acids is 1. The highest BCUT2D eigenvalue weighted by Crippen LogP contribution is 2.40. The van der Waals surface area contributed by atoms with Gasteiger partial charge in [0.15, 0.2) is 0 Å². The Balaban J connectivity index is 2.07. The summed E-state index contributed by atoms with van der Waals surface area (Å²) in [6.45, 7) is 0. The quantitative estimate of drug-likeness (QED) is 0.557. The van der Waals surface area contributed by atoms with Gasteiger partial charge < -0.3 is 10.4 Å². The third-order valence-corrected chi connectivity index (χ3v) is 2.87. The average molecular weight is 212 g/mol. The van der Waals surface area contributed by atoms with Crippen molar-refractivity contribution in [3.05, 3.63) is 0 Å². The molecule has 0 bridgehead atoms. The Kier molecular flexibility index (Phi) is 2.34. The van der Waals surface area contributed by atoms with Crippen molar-refractivity contribution in [2.45, 2.75) is 25.3 Å². The number of rotatable bonds is 4. The second-order valence-electron chi connectivity index (χ2n) is 4.04. The van der Waals surface area contributed by atoms with Gasteiger partial charge in [-0.15, -0.1) is 0 Å². The molecule has 0 aromatic carbocycles. The first-order valence-corrected chi connectivity index (χ1v) is 4.91. The molecular weight excluding hydrogens is 200 g/mol. The number of carbonyl (C=O) groups excluding carboxylic acids is 2. The zero-order chi connectivity index (χ0) is 11.0. The van der Waals surface area contributed by atoms with Crippen LogP contribution in [0.1, 0.15) is 19.3 Å². The fourth-order valence-corrected chi connectivity index (χ4v) is 2.02. The van der Waals surface area contributed by atoms with Crippen LogP contribution in [0.5, 0.6) is 0 Å². The molecule has 2 aliphatic rings. The Bertz CT molecular complexity index is 324. The van der Waals surface area contributed by atoms with Gasteiger partial charge in [-0.25, -0.2) is 4.79 Å². The van der Waals surface area contributed by atoms with E-state index in [1.54, 1.807) is 0 Å². The molecule has 3 amide bonds. The number of imide groups is 1. The molecule has 1 aliphatic carbocycles. The van der Waals surface area contributed by atoms with E-state index in [2.05, 4.69) is 10.6 Å². The molecule has 1 saturated heterocycles. The normalized spacial score (nSPS) is 27.1. The number of carboxylic acids is 1. The maximum atomic E-state index is 11.4. The van der Waals surface area contributed by atoms with Crippen LogP contribution in [0.2, 0.25) is 0 Å². The van der Waals surface area contributed by atoms with Crippen LogP contribution < -0.4 is 10.6 Å². The molecule has 0 aromatic rings. The van der Waals surface area contributed by atoms with Crippen LogP contribution in [0.3, 0.4) is 0 Å². The molecular formula is C9H12N2O4. The highest BCUT2D eigenvalue weighted by Gasteiger charge is 2.44. The Morgan fingerprint density at radius 1 is 1.47 bits per heavy atom. The Labute approximate surface area is 86.0 Å². The lowest BCUT2D eigenvalue weighted by Crippen LogP contribution is -2.39. The average Bonchev–Trinajstić information content (AvgIpc) is 2.89. The van der Waals surface area contributed by atoms with Crippen molar-refractivity contribution in [3.63, 3.8) is 0 Å². The Morgan fingerprint density at radius 3 is 2.53 bits per heavy atom. The van der Waals surface area contributed by atoms with E-state index in [0.29, 0.717) is 0 Å². The van der Waals surface area contributed by atoms with Crippen molar-refractivity contribution in [3.8, 4) is 0 Å². The Morgan fingerprint density at radius 2 is 2.13 bits per heavy atom. The predicted molar refractivity (Wildman–Crippen MR) is 48.9 cm³/mol. The molecule has 15 heavy (non-hydrogen) atoms. The lowest BCUT2D eigenvalue weighted by molar-refractivity contribution is -0.138. The summed E-state index contributed by atoms with van der Waals surface area (Å²) in [5.74, 6) is -1.34. The van der Waals surface area contributed by atoms with Gasteiger partial charge in [0.1, 0.15) is 6.04 Å². The summed E-state index contributed by atoms with van der Waals surface area (Å²) in [5, 5.41) is 13.3. The van der Waals surface area contributed by atoms with E-state index < -0.39 is 23.9 Å². The van der Waals surface area contributed by atoms with Gasteiger partial charge in [0, 0.05) is 5.92 Å². The molecule has 6 heteroatoms. The molecule has 0 aromatic heterocycles. The first-order chi connectivity index (χ1) is 7.08. The van der Waals surface area contributed by atoms with E-state index in [4.69, 9.17) is 5.11 Å². The van der Waals surface area contributed by atoms with Crippen molar-refractivity contribution >= 4 is 17.9 Å². The van der Waals surface area contributed by atoms with Crippen LogP contribution in [0.4, 0.5) is 4.79 Å². The number of amides is 3. The minimum absolute atomic E-state index is 0.0664. The summed E-state index contributed by atoms with van der Waals surface area (Å²) >= 11 is 0. The SMILES string of the molecule is O=C(O)CC(C1CC1)[C@H]1NC(=O)NC1=O. The van der Waals surface area contributed by atoms with E-state index in [1.165, 1.54) is 0 Å². The van der Waals surface area contributed by atoms with Gasteiger partial charge in [-0.1, -0.05) is 0 Å². The van der Waals surface area contributed by atoms with Crippen molar-refractivity contribution in [2.75, 3.05) is 0 Å². The second kappa shape index (κ2) is 3.52. The minimum atomic E-state index is -0.930. The number of urea groups is 1. The largest absolute Gasteiger partial charge is 0.481 e. The van der Waals surface area contributed by atoms with Gasteiger partial charge in [0.25, 0.3) is 5.91 Å². The fraction of sp³-hybridized carbons (Fsp3) is 0.667. The van der Waals surface area contributed by atoms with E-state index in [-0.39, 0.29) is 18.3 Å². The topological polar surface area (TPSA) is 95.5 Å². The number of carboxylic acid groups (broad SMARTS) is 1. The van der Waals surface area contributed by atoms with Gasteiger partial charge in [0.05, 0.1) is 6.42 Å². The summed E-state index contributed by atoms with van der Waals surface area (Å²) in [5.41, 5.74) is 0. The second-order valence-corrected chi connectivity index (χ2v) is 4.04. The molecule has 2 rings (SSSR count). The number of carbonyl (C=O) groups is 3. The minimum Gasteiger partial charge on any atom is -0.481 e. The van der Waals surface area contributed by atoms with E-state index >= 15 is 0 Å². The van der Waals surface area contributed by atoms with E-state index in [0.717, 1.165) is 12.8 Å². The van der Waals surface area contributed by atoms with E-state index in [9.17, 15) is 14.4 Å². The maximum absolute atomic E-state index is 11.4. The van der Waals surface area contributed by atoms with Crippen molar-refractivity contribution < 1.29 is 19.5 Å². The smallest absolute Gasteiger partial charge is 0.322 e. The van der Waals surface area contributed by atoms with Crippen LogP contribution in [0.25, 0.3) is 0 Å². The van der Waals surface area contributed by atoms with Crippen molar-refractivity contribution in [1.29, 1.82) is 0 Å². The zero-order valence-corrected chi connectivity index (χ0v) is 8.03. The van der Waals surface area contributed by atoms with Gasteiger partial charge in [-0.05, 0) is 18.8 Å². The highest BCUT2D eigenvalue weighted by molar-refractivity contribution is 6.04. The molecule has 2 fully saturated rings. The van der Waals surface area contributed by atoms with E-state index in [1.807, 2.05) is 0 Å². The number of nitrogens with one attached hydrogen (secondary N) is 2. The van der Waals surface area contributed by atoms with Crippen molar-refractivity contribution in [2.24, 2.45) is 11.8 Å². The number of hydrogen-bond donors (Lipinski definition) is 3. The molecule has 82 valence electrons. The molecule has 6 nitrogen and oxygen atoms in total. The van der Waals surface area contributed by atoms with Crippen LogP contribution in [-0.2, 0) is 9.59 Å². The Hall–Kier alpha value is -1.59. The fourth-order valence-electron chi connectivity index (χ4n) is 2.02. The molecule has 0 radical (unpaired) electrons. The maximum Gasteiger partial charge on any atom is 0.322 e. The van der Waals surface area contributed by atoms with Crippen molar-refractivity contribution in [1.82, 2.24) is 10.6 Å². The molecule has 1 saturated carbocycles. The molecule has 1 unspecified atom stereocenters. The van der Waals surface area contributed by atoms with Crippen LogP contribution in [-0.4, -0.2) is 29.1 Å². The van der Waals surface area contributed by atoms with Crippen LogP contribution >= 0.6 is 0 Å². The lowest BCUT2D eigenvalue weighted by Gasteiger charge is -2.18. The third kappa shape index (κ3) is 2.08. The van der Waals surface area contributed by atoms with Gasteiger partial charge in [0.2, 0.25) is 0 Å². The van der Waals surface area contributed by atoms with Gasteiger partial charge in [-0.3, -0.25) is 14.9 Å². The summed E-state index contributed by atoms with van der Waals surface area (Å²) in [6, 6.07) is -1.19. The zero-order valence-electron chi connectivity index (χ0n) is 8.03. The summed E-state index contributed by atoms with van der Waals surface area (Å²) in [6.07, 6.45) is 1.82. The highest BCUT2D eigenvalue weighted by atomic mass is 16.4. The van der Waals surface area contributed by atoms with Crippen LogP contribution in [0, 0.1) is 11.8 Å². The first-order valence-electron chi connectivity index (χ1n) is 4.91. The monoisotopic (exact) mass is 212 g/mol. The third-order valence-electron chi connectivity index (χ3n) is 2.87. The molecule has 0 spiro atoms. The summed E-state index contributed by atoms with van der Waals surface area (Å²) in [7, 11) is 0. The summed E-state index contributed by atoms with van der Waals surface area (Å²) < 4.78 is 0. The summed E-state index contributed by atoms with van der Waals surface area (Å²) in [4.78, 5) is 32.9. The predicted octanol–water partition coefficient (Wildman–Crippen LogP) is -0.305. The molecule has 1 aliphatic heterocycles.